The number of pyridine rings is 1. The van der Waals surface area contributed by atoms with Gasteiger partial charge in [-0.1, -0.05) is 29.4 Å². The van der Waals surface area contributed by atoms with Crippen molar-refractivity contribution in [2.45, 2.75) is 13.0 Å². The van der Waals surface area contributed by atoms with Gasteiger partial charge in [0.15, 0.2) is 5.82 Å². The minimum Gasteiger partial charge on any atom is -0.342 e. The number of carbonyl (C=O) groups is 1. The van der Waals surface area contributed by atoms with E-state index >= 15 is 0 Å². The summed E-state index contributed by atoms with van der Waals surface area (Å²) in [6, 6.07) is 11.8. The van der Waals surface area contributed by atoms with Gasteiger partial charge in [-0.05, 0) is 23.6 Å². The molecule has 0 saturated heterocycles. The highest BCUT2D eigenvalue weighted by molar-refractivity contribution is 7.09. The van der Waals surface area contributed by atoms with Crippen molar-refractivity contribution >= 4 is 28.1 Å². The van der Waals surface area contributed by atoms with Crippen molar-refractivity contribution in [3.63, 3.8) is 0 Å². The SMILES string of the molecule is O=C(NCc1nc(Cc2cccs2)no1)c1ccc2cccc(F)c2n1. The monoisotopic (exact) mass is 368 g/mol. The molecule has 6 nitrogen and oxygen atoms in total. The molecule has 0 unspecified atom stereocenters. The molecule has 0 aliphatic heterocycles. The lowest BCUT2D eigenvalue weighted by molar-refractivity contribution is 0.0941. The first kappa shape index (κ1) is 16.3. The molecule has 3 aromatic heterocycles. The quantitative estimate of drug-likeness (QED) is 0.584. The van der Waals surface area contributed by atoms with Crippen molar-refractivity contribution in [2.75, 3.05) is 0 Å². The van der Waals surface area contributed by atoms with E-state index in [1.54, 1.807) is 35.6 Å². The van der Waals surface area contributed by atoms with Crippen LogP contribution in [-0.2, 0) is 13.0 Å². The molecule has 0 atom stereocenters. The molecule has 8 heteroatoms. The van der Waals surface area contributed by atoms with E-state index in [-0.39, 0.29) is 17.8 Å². The van der Waals surface area contributed by atoms with E-state index in [4.69, 9.17) is 4.52 Å². The molecule has 1 N–H and O–H groups in total. The van der Waals surface area contributed by atoms with Crippen LogP contribution in [0.3, 0.4) is 0 Å². The van der Waals surface area contributed by atoms with E-state index < -0.39 is 11.7 Å². The largest absolute Gasteiger partial charge is 0.342 e. The van der Waals surface area contributed by atoms with Crippen LogP contribution in [0.15, 0.2) is 52.4 Å². The Morgan fingerprint density at radius 3 is 2.92 bits per heavy atom. The summed E-state index contributed by atoms with van der Waals surface area (Å²) < 4.78 is 18.9. The highest BCUT2D eigenvalue weighted by atomic mass is 32.1. The van der Waals surface area contributed by atoms with Crippen LogP contribution < -0.4 is 5.32 Å². The first-order valence-electron chi connectivity index (χ1n) is 7.86. The lowest BCUT2D eigenvalue weighted by Crippen LogP contribution is -2.24. The number of hydrogen-bond acceptors (Lipinski definition) is 6. The molecule has 0 fully saturated rings. The number of benzene rings is 1. The smallest absolute Gasteiger partial charge is 0.270 e. The lowest BCUT2D eigenvalue weighted by Gasteiger charge is -2.04. The number of carbonyl (C=O) groups excluding carboxylic acids is 1. The van der Waals surface area contributed by atoms with Crippen LogP contribution in [0.5, 0.6) is 0 Å². The third-order valence-corrected chi connectivity index (χ3v) is 4.60. The van der Waals surface area contributed by atoms with Crippen molar-refractivity contribution < 1.29 is 13.7 Å². The number of aromatic nitrogens is 3. The summed E-state index contributed by atoms with van der Waals surface area (Å²) in [7, 11) is 0. The maximum Gasteiger partial charge on any atom is 0.270 e. The van der Waals surface area contributed by atoms with Gasteiger partial charge in [0.25, 0.3) is 5.91 Å². The number of amides is 1. The molecule has 0 aliphatic rings. The standard InChI is InChI=1S/C18H13FN4O2S/c19-13-5-1-3-11-6-7-14(21-17(11)13)18(24)20-10-16-22-15(23-25-16)9-12-4-2-8-26-12/h1-8H,9-10H2,(H,20,24). The highest BCUT2D eigenvalue weighted by Crippen LogP contribution is 2.16. The van der Waals surface area contributed by atoms with Crippen molar-refractivity contribution in [2.24, 2.45) is 0 Å². The third kappa shape index (κ3) is 3.45. The zero-order valence-electron chi connectivity index (χ0n) is 13.5. The van der Waals surface area contributed by atoms with E-state index in [1.807, 2.05) is 17.5 Å². The molecule has 3 heterocycles. The predicted molar refractivity (Wildman–Crippen MR) is 94.3 cm³/mol. The zero-order valence-corrected chi connectivity index (χ0v) is 14.3. The summed E-state index contributed by atoms with van der Waals surface area (Å²) in [6.45, 7) is 0.0766. The van der Waals surface area contributed by atoms with Gasteiger partial charge in [-0.3, -0.25) is 4.79 Å². The second-order valence-electron chi connectivity index (χ2n) is 5.55. The minimum absolute atomic E-state index is 0.0766. The molecule has 0 saturated carbocycles. The fraction of sp³-hybridized carbons (Fsp3) is 0.111. The van der Waals surface area contributed by atoms with Crippen LogP contribution in [-0.4, -0.2) is 21.0 Å². The Kier molecular flexibility index (Phi) is 4.40. The fourth-order valence-electron chi connectivity index (χ4n) is 2.49. The van der Waals surface area contributed by atoms with Crippen molar-refractivity contribution in [3.8, 4) is 0 Å². The van der Waals surface area contributed by atoms with Crippen LogP contribution in [0.25, 0.3) is 10.9 Å². The highest BCUT2D eigenvalue weighted by Gasteiger charge is 2.13. The van der Waals surface area contributed by atoms with Gasteiger partial charge in [0.2, 0.25) is 5.89 Å². The van der Waals surface area contributed by atoms with Gasteiger partial charge in [0, 0.05) is 16.7 Å². The average Bonchev–Trinajstić information content (AvgIpc) is 3.32. The van der Waals surface area contributed by atoms with Crippen molar-refractivity contribution in [1.29, 1.82) is 0 Å². The molecule has 0 radical (unpaired) electrons. The summed E-state index contributed by atoms with van der Waals surface area (Å²) in [6.07, 6.45) is 0.584. The van der Waals surface area contributed by atoms with E-state index in [9.17, 15) is 9.18 Å². The summed E-state index contributed by atoms with van der Waals surface area (Å²) in [5.41, 5.74) is 0.289. The Morgan fingerprint density at radius 2 is 2.08 bits per heavy atom. The fourth-order valence-corrected chi connectivity index (χ4v) is 3.19. The average molecular weight is 368 g/mol. The van der Waals surface area contributed by atoms with Crippen LogP contribution in [0, 0.1) is 5.82 Å². The van der Waals surface area contributed by atoms with E-state index in [0.29, 0.717) is 23.5 Å². The number of nitrogens with one attached hydrogen (secondary N) is 1. The first-order chi connectivity index (χ1) is 12.7. The number of para-hydroxylation sites is 1. The second-order valence-corrected chi connectivity index (χ2v) is 6.58. The Labute approximate surface area is 151 Å². The van der Waals surface area contributed by atoms with Crippen molar-refractivity contribution in [3.05, 3.63) is 75.9 Å². The van der Waals surface area contributed by atoms with Crippen LogP contribution in [0.4, 0.5) is 4.39 Å². The lowest BCUT2D eigenvalue weighted by atomic mass is 10.2. The number of hydrogen-bond donors (Lipinski definition) is 1. The van der Waals surface area contributed by atoms with E-state index in [2.05, 4.69) is 20.4 Å². The van der Waals surface area contributed by atoms with Crippen LogP contribution in [0.2, 0.25) is 0 Å². The van der Waals surface area contributed by atoms with E-state index in [1.165, 1.54) is 6.07 Å². The molecule has 26 heavy (non-hydrogen) atoms. The van der Waals surface area contributed by atoms with Gasteiger partial charge in [-0.25, -0.2) is 9.37 Å². The van der Waals surface area contributed by atoms with Gasteiger partial charge >= 0.3 is 0 Å². The van der Waals surface area contributed by atoms with Crippen LogP contribution >= 0.6 is 11.3 Å². The zero-order chi connectivity index (χ0) is 17.9. The maximum absolute atomic E-state index is 13.8. The summed E-state index contributed by atoms with van der Waals surface area (Å²) in [5, 5.41) is 9.17. The molecule has 4 rings (SSSR count). The summed E-state index contributed by atoms with van der Waals surface area (Å²) in [4.78, 5) is 21.7. The number of rotatable bonds is 5. The summed E-state index contributed by atoms with van der Waals surface area (Å²) in [5.74, 6) is -0.0418. The minimum atomic E-state index is -0.465. The molecule has 0 spiro atoms. The topological polar surface area (TPSA) is 80.9 Å². The van der Waals surface area contributed by atoms with Gasteiger partial charge < -0.3 is 9.84 Å². The normalized spacial score (nSPS) is 11.0. The van der Waals surface area contributed by atoms with Gasteiger partial charge in [-0.15, -0.1) is 11.3 Å². The molecular weight excluding hydrogens is 355 g/mol. The second kappa shape index (κ2) is 7.01. The van der Waals surface area contributed by atoms with E-state index in [0.717, 1.165) is 4.88 Å². The number of fused-ring (bicyclic) bond motifs is 1. The Balaban J connectivity index is 1.42. The number of thiophene rings is 1. The Morgan fingerprint density at radius 1 is 1.15 bits per heavy atom. The molecule has 0 bridgehead atoms. The molecule has 4 aromatic rings. The Bertz CT molecular complexity index is 1060. The van der Waals surface area contributed by atoms with Crippen molar-refractivity contribution in [1.82, 2.24) is 20.4 Å². The number of nitrogens with zero attached hydrogens (tertiary/aromatic N) is 3. The third-order valence-electron chi connectivity index (χ3n) is 3.73. The summed E-state index contributed by atoms with van der Waals surface area (Å²) >= 11 is 1.61. The van der Waals surface area contributed by atoms with Gasteiger partial charge in [-0.2, -0.15) is 4.98 Å². The maximum atomic E-state index is 13.8. The Hall–Kier alpha value is -3.13. The molecular formula is C18H13FN4O2S. The molecule has 130 valence electrons. The van der Waals surface area contributed by atoms with Crippen LogP contribution in [0.1, 0.15) is 27.1 Å². The molecule has 0 aliphatic carbocycles. The molecule has 1 amide bonds. The first-order valence-corrected chi connectivity index (χ1v) is 8.74. The van der Waals surface area contributed by atoms with Gasteiger partial charge in [0.05, 0.1) is 6.54 Å². The number of halogens is 1. The predicted octanol–water partition coefficient (Wildman–Crippen LogP) is 3.34. The molecule has 1 aromatic carbocycles. The van der Waals surface area contributed by atoms with Gasteiger partial charge in [0.1, 0.15) is 17.0 Å².